The number of fused-ring (bicyclic) bond motifs is 1. The lowest BCUT2D eigenvalue weighted by Gasteiger charge is -2.20. The van der Waals surface area contributed by atoms with Gasteiger partial charge in [0.25, 0.3) is 0 Å². The Morgan fingerprint density at radius 2 is 1.76 bits per heavy atom. The van der Waals surface area contributed by atoms with E-state index in [1.54, 1.807) is 7.11 Å². The van der Waals surface area contributed by atoms with Gasteiger partial charge in [0.1, 0.15) is 5.75 Å². The van der Waals surface area contributed by atoms with E-state index in [-0.39, 0.29) is 6.03 Å². The molecule has 4 rings (SSSR count). The third-order valence-electron chi connectivity index (χ3n) is 5.63. The number of anilines is 1. The van der Waals surface area contributed by atoms with E-state index in [4.69, 9.17) is 4.74 Å². The zero-order chi connectivity index (χ0) is 17.2. The number of methoxy groups -OCH3 is 1. The number of hydrogen-bond acceptors (Lipinski definition) is 2. The number of amides is 2. The molecule has 1 N–H and O–H groups in total. The predicted octanol–water partition coefficient (Wildman–Crippen LogP) is 4.35. The van der Waals surface area contributed by atoms with E-state index < -0.39 is 0 Å². The van der Waals surface area contributed by atoms with Crippen LogP contribution in [0.15, 0.2) is 54.6 Å². The molecule has 4 heteroatoms. The van der Waals surface area contributed by atoms with Gasteiger partial charge in [0.2, 0.25) is 0 Å². The molecule has 130 valence electrons. The molecule has 4 nitrogen and oxygen atoms in total. The van der Waals surface area contributed by atoms with E-state index in [0.717, 1.165) is 24.5 Å². The van der Waals surface area contributed by atoms with Crippen molar-refractivity contribution in [3.8, 4) is 5.75 Å². The Morgan fingerprint density at radius 3 is 2.44 bits per heavy atom. The van der Waals surface area contributed by atoms with Crippen LogP contribution in [0.1, 0.15) is 24.3 Å². The maximum Gasteiger partial charge on any atom is 0.321 e. The topological polar surface area (TPSA) is 41.6 Å². The second-order valence-corrected chi connectivity index (χ2v) is 7.17. The number of urea groups is 1. The summed E-state index contributed by atoms with van der Waals surface area (Å²) in [6, 6.07) is 18.3. The summed E-state index contributed by atoms with van der Waals surface area (Å²) in [5.74, 6) is 2.66. The molecule has 0 radical (unpaired) electrons. The number of carbonyl (C=O) groups is 1. The Bertz CT molecular complexity index is 733. The number of benzene rings is 2. The highest BCUT2D eigenvalue weighted by Gasteiger charge is 2.42. The van der Waals surface area contributed by atoms with Crippen molar-refractivity contribution in [2.24, 2.45) is 11.8 Å². The van der Waals surface area contributed by atoms with Crippen molar-refractivity contribution in [3.05, 3.63) is 60.2 Å². The summed E-state index contributed by atoms with van der Waals surface area (Å²) < 4.78 is 5.21. The summed E-state index contributed by atoms with van der Waals surface area (Å²) in [5.41, 5.74) is 2.23. The Balaban J connectivity index is 1.35. The molecule has 3 atom stereocenters. The van der Waals surface area contributed by atoms with Crippen LogP contribution in [-0.2, 0) is 0 Å². The van der Waals surface area contributed by atoms with E-state index in [0.29, 0.717) is 17.8 Å². The minimum Gasteiger partial charge on any atom is -0.497 e. The van der Waals surface area contributed by atoms with Crippen LogP contribution in [0.2, 0.25) is 0 Å². The normalized spacial score (nSPS) is 24.8. The molecule has 2 aliphatic rings. The van der Waals surface area contributed by atoms with Crippen LogP contribution in [0.25, 0.3) is 0 Å². The fraction of sp³-hybridized carbons (Fsp3) is 0.381. The fourth-order valence-electron chi connectivity index (χ4n) is 4.37. The zero-order valence-electron chi connectivity index (χ0n) is 14.5. The number of nitrogens with zero attached hydrogens (tertiary/aromatic N) is 1. The summed E-state index contributed by atoms with van der Waals surface area (Å²) in [5, 5.41) is 3.00. The molecule has 1 heterocycles. The second kappa shape index (κ2) is 6.79. The first-order valence-corrected chi connectivity index (χ1v) is 8.98. The van der Waals surface area contributed by atoms with Crippen molar-refractivity contribution in [1.29, 1.82) is 0 Å². The summed E-state index contributed by atoms with van der Waals surface area (Å²) in [4.78, 5) is 14.5. The highest BCUT2D eigenvalue weighted by molar-refractivity contribution is 5.89. The van der Waals surface area contributed by atoms with Gasteiger partial charge in [-0.15, -0.1) is 0 Å². The Kier molecular flexibility index (Phi) is 4.35. The standard InChI is InChI=1S/C21H24N2O2/c1-25-20-9-5-8-19(12-20)22-21(24)23-13-17-10-16(11-18(17)14-23)15-6-3-2-4-7-15/h2-9,12,16-18H,10-11,13-14H2,1H3,(H,22,24)/t16?,17-,18+. The number of likely N-dealkylation sites (tertiary alicyclic amines) is 1. The van der Waals surface area contributed by atoms with Gasteiger partial charge in [-0.1, -0.05) is 36.4 Å². The van der Waals surface area contributed by atoms with Crippen molar-refractivity contribution in [2.75, 3.05) is 25.5 Å². The molecule has 2 aromatic carbocycles. The lowest BCUT2D eigenvalue weighted by atomic mass is 9.96. The zero-order valence-corrected chi connectivity index (χ0v) is 14.5. The van der Waals surface area contributed by atoms with Crippen LogP contribution in [0.3, 0.4) is 0 Å². The van der Waals surface area contributed by atoms with Crippen molar-refractivity contribution >= 4 is 11.7 Å². The number of nitrogens with one attached hydrogen (secondary N) is 1. The monoisotopic (exact) mass is 336 g/mol. The van der Waals surface area contributed by atoms with Gasteiger partial charge in [-0.25, -0.2) is 4.79 Å². The number of carbonyl (C=O) groups excluding carboxylic acids is 1. The summed E-state index contributed by atoms with van der Waals surface area (Å²) in [6.07, 6.45) is 2.38. The van der Waals surface area contributed by atoms with E-state index in [1.807, 2.05) is 29.2 Å². The minimum atomic E-state index is -0.00101. The molecular weight excluding hydrogens is 312 g/mol. The van der Waals surface area contributed by atoms with Crippen LogP contribution >= 0.6 is 0 Å². The van der Waals surface area contributed by atoms with Gasteiger partial charge in [0, 0.05) is 24.8 Å². The highest BCUT2D eigenvalue weighted by atomic mass is 16.5. The molecule has 1 saturated heterocycles. The van der Waals surface area contributed by atoms with Crippen LogP contribution < -0.4 is 10.1 Å². The summed E-state index contributed by atoms with van der Waals surface area (Å²) in [7, 11) is 1.63. The van der Waals surface area contributed by atoms with Crippen LogP contribution in [0, 0.1) is 11.8 Å². The minimum absolute atomic E-state index is 0.00101. The van der Waals surface area contributed by atoms with E-state index >= 15 is 0 Å². The molecule has 1 unspecified atom stereocenters. The van der Waals surface area contributed by atoms with Gasteiger partial charge in [-0.05, 0) is 48.3 Å². The van der Waals surface area contributed by atoms with Gasteiger partial charge < -0.3 is 15.0 Å². The first kappa shape index (κ1) is 16.0. The van der Waals surface area contributed by atoms with Crippen LogP contribution in [0.5, 0.6) is 5.75 Å². The summed E-state index contributed by atoms with van der Waals surface area (Å²) in [6.45, 7) is 1.73. The third kappa shape index (κ3) is 3.34. The van der Waals surface area contributed by atoms with Gasteiger partial charge in [0.15, 0.2) is 0 Å². The van der Waals surface area contributed by atoms with Crippen molar-refractivity contribution in [2.45, 2.75) is 18.8 Å². The van der Waals surface area contributed by atoms with Crippen LogP contribution in [-0.4, -0.2) is 31.1 Å². The maximum absolute atomic E-state index is 12.6. The maximum atomic E-state index is 12.6. The molecule has 0 aromatic heterocycles. The van der Waals surface area contributed by atoms with E-state index in [1.165, 1.54) is 18.4 Å². The van der Waals surface area contributed by atoms with Crippen molar-refractivity contribution < 1.29 is 9.53 Å². The highest BCUT2D eigenvalue weighted by Crippen LogP contribution is 2.46. The smallest absolute Gasteiger partial charge is 0.321 e. The van der Waals surface area contributed by atoms with Gasteiger partial charge in [-0.2, -0.15) is 0 Å². The first-order chi connectivity index (χ1) is 12.2. The molecule has 1 saturated carbocycles. The first-order valence-electron chi connectivity index (χ1n) is 8.98. The second-order valence-electron chi connectivity index (χ2n) is 7.17. The average molecular weight is 336 g/mol. The molecule has 1 aliphatic carbocycles. The lowest BCUT2D eigenvalue weighted by molar-refractivity contribution is 0.218. The largest absolute Gasteiger partial charge is 0.497 e. The molecule has 2 fully saturated rings. The average Bonchev–Trinajstić information content (AvgIpc) is 3.22. The molecule has 0 bridgehead atoms. The molecule has 2 aromatic rings. The molecular formula is C21H24N2O2. The van der Waals surface area contributed by atoms with Crippen LogP contribution in [0.4, 0.5) is 10.5 Å². The van der Waals surface area contributed by atoms with Gasteiger partial charge >= 0.3 is 6.03 Å². The summed E-state index contributed by atoms with van der Waals surface area (Å²) >= 11 is 0. The SMILES string of the molecule is COc1cccc(NC(=O)N2C[C@H]3CC(c4ccccc4)C[C@H]3C2)c1. The number of ether oxygens (including phenoxy) is 1. The van der Waals surface area contributed by atoms with E-state index in [9.17, 15) is 4.79 Å². The Labute approximate surface area is 148 Å². The van der Waals surface area contributed by atoms with Gasteiger partial charge in [0.05, 0.1) is 7.11 Å². The molecule has 2 amide bonds. The van der Waals surface area contributed by atoms with E-state index in [2.05, 4.69) is 35.6 Å². The molecule has 0 spiro atoms. The lowest BCUT2D eigenvalue weighted by Crippen LogP contribution is -2.33. The molecule has 1 aliphatic heterocycles. The predicted molar refractivity (Wildman–Crippen MR) is 99.0 cm³/mol. The Hall–Kier alpha value is -2.49. The number of hydrogen-bond donors (Lipinski definition) is 1. The fourth-order valence-corrected chi connectivity index (χ4v) is 4.37. The number of rotatable bonds is 3. The van der Waals surface area contributed by atoms with Crippen molar-refractivity contribution in [1.82, 2.24) is 4.90 Å². The Morgan fingerprint density at radius 1 is 1.04 bits per heavy atom. The van der Waals surface area contributed by atoms with Gasteiger partial charge in [-0.3, -0.25) is 0 Å². The third-order valence-corrected chi connectivity index (χ3v) is 5.63. The molecule has 25 heavy (non-hydrogen) atoms. The quantitative estimate of drug-likeness (QED) is 0.905. The van der Waals surface area contributed by atoms with Crippen molar-refractivity contribution in [3.63, 3.8) is 0 Å².